The maximum Gasteiger partial charge on any atom is 0.259 e. The van der Waals surface area contributed by atoms with Gasteiger partial charge in [-0.05, 0) is 70.0 Å². The summed E-state index contributed by atoms with van der Waals surface area (Å²) >= 11 is 15.5. The van der Waals surface area contributed by atoms with Crippen molar-refractivity contribution in [2.24, 2.45) is 5.10 Å². The SMILES string of the molecule is O=C(CNC(=O)c1ccc2c(c1)OCO2)NN=Cc1ccc(OCc2ccc(Cl)cc2Cl)c(Br)c1. The van der Waals surface area contributed by atoms with Gasteiger partial charge in [0.25, 0.3) is 11.8 Å². The summed E-state index contributed by atoms with van der Waals surface area (Å²) in [6, 6.07) is 15.3. The van der Waals surface area contributed by atoms with Crippen LogP contribution in [-0.2, 0) is 11.4 Å². The van der Waals surface area contributed by atoms with Crippen molar-refractivity contribution in [2.45, 2.75) is 6.61 Å². The zero-order valence-electron chi connectivity index (χ0n) is 18.0. The van der Waals surface area contributed by atoms with Gasteiger partial charge < -0.3 is 19.5 Å². The van der Waals surface area contributed by atoms with Crippen LogP contribution in [0.3, 0.4) is 0 Å². The lowest BCUT2D eigenvalue weighted by atomic mass is 10.2. The van der Waals surface area contributed by atoms with Crippen LogP contribution in [0, 0.1) is 0 Å². The Labute approximate surface area is 219 Å². The number of halogens is 3. The van der Waals surface area contributed by atoms with Crippen LogP contribution >= 0.6 is 39.1 Å². The van der Waals surface area contributed by atoms with Crippen molar-refractivity contribution in [2.75, 3.05) is 13.3 Å². The lowest BCUT2D eigenvalue weighted by Gasteiger charge is -2.10. The van der Waals surface area contributed by atoms with Gasteiger partial charge in [0.1, 0.15) is 12.4 Å². The third-order valence-corrected chi connectivity index (χ3v) is 6.01. The van der Waals surface area contributed by atoms with Gasteiger partial charge in [-0.2, -0.15) is 5.10 Å². The van der Waals surface area contributed by atoms with Crippen molar-refractivity contribution in [3.05, 3.63) is 85.8 Å². The Kier molecular flexibility index (Phi) is 8.12. The van der Waals surface area contributed by atoms with Crippen LogP contribution < -0.4 is 25.0 Å². The number of nitrogens with one attached hydrogen (secondary N) is 2. The Morgan fingerprint density at radius 3 is 2.69 bits per heavy atom. The standard InChI is InChI=1S/C24H18BrCl2N3O5/c25-18-7-14(1-5-20(18)33-12-16-2-4-17(26)9-19(16)27)10-29-30-23(31)11-28-24(32)15-3-6-21-22(8-15)35-13-34-21/h1-10H,11-13H2,(H,28,32)(H,30,31). The Hall–Kier alpha value is -3.27. The zero-order chi connectivity index (χ0) is 24.8. The van der Waals surface area contributed by atoms with E-state index >= 15 is 0 Å². The van der Waals surface area contributed by atoms with Gasteiger partial charge in [0.15, 0.2) is 11.5 Å². The summed E-state index contributed by atoms with van der Waals surface area (Å²) in [6.07, 6.45) is 1.47. The van der Waals surface area contributed by atoms with Crippen LogP contribution in [0.4, 0.5) is 0 Å². The molecule has 0 bridgehead atoms. The molecule has 35 heavy (non-hydrogen) atoms. The monoisotopic (exact) mass is 577 g/mol. The van der Waals surface area contributed by atoms with E-state index in [4.69, 9.17) is 37.4 Å². The molecule has 11 heteroatoms. The van der Waals surface area contributed by atoms with E-state index in [0.29, 0.717) is 37.3 Å². The molecule has 0 saturated carbocycles. The van der Waals surface area contributed by atoms with Gasteiger partial charge in [-0.25, -0.2) is 5.43 Å². The molecule has 1 heterocycles. The van der Waals surface area contributed by atoms with Crippen molar-refractivity contribution < 1.29 is 23.8 Å². The normalized spacial score (nSPS) is 12.0. The maximum atomic E-state index is 12.2. The Bertz CT molecular complexity index is 1300. The molecule has 1 aliphatic heterocycles. The fraction of sp³-hybridized carbons (Fsp3) is 0.125. The predicted octanol–water partition coefficient (Wildman–Crippen LogP) is 4.94. The minimum Gasteiger partial charge on any atom is -0.488 e. The van der Waals surface area contributed by atoms with Gasteiger partial charge in [-0.15, -0.1) is 0 Å². The van der Waals surface area contributed by atoms with Crippen molar-refractivity contribution in [1.29, 1.82) is 0 Å². The van der Waals surface area contributed by atoms with Crippen molar-refractivity contribution in [1.82, 2.24) is 10.7 Å². The summed E-state index contributed by atoms with van der Waals surface area (Å²) in [7, 11) is 0. The molecule has 0 unspecified atom stereocenters. The molecule has 0 aromatic heterocycles. The summed E-state index contributed by atoms with van der Waals surface area (Å²) in [6.45, 7) is 0.149. The molecule has 0 atom stereocenters. The fourth-order valence-corrected chi connectivity index (χ4v) is 4.00. The third kappa shape index (κ3) is 6.66. The lowest BCUT2D eigenvalue weighted by molar-refractivity contribution is -0.120. The minimum atomic E-state index is -0.478. The van der Waals surface area contributed by atoms with Gasteiger partial charge in [0, 0.05) is 21.2 Å². The minimum absolute atomic E-state index is 0.116. The first-order valence-corrected chi connectivity index (χ1v) is 11.8. The molecule has 0 radical (unpaired) electrons. The molecule has 2 amide bonds. The second-order valence-corrected chi connectivity index (χ2v) is 8.96. The third-order valence-electron chi connectivity index (χ3n) is 4.80. The fourth-order valence-electron chi connectivity index (χ4n) is 3.03. The van der Waals surface area contributed by atoms with Crippen molar-refractivity contribution in [3.8, 4) is 17.2 Å². The van der Waals surface area contributed by atoms with E-state index in [-0.39, 0.29) is 19.9 Å². The number of fused-ring (bicyclic) bond motifs is 1. The predicted molar refractivity (Wildman–Crippen MR) is 136 cm³/mol. The summed E-state index contributed by atoms with van der Waals surface area (Å²) < 4.78 is 17.0. The maximum absolute atomic E-state index is 12.2. The molecule has 0 fully saturated rings. The first kappa shape index (κ1) is 24.8. The van der Waals surface area contributed by atoms with E-state index in [9.17, 15) is 9.59 Å². The molecule has 2 N–H and O–H groups in total. The molecule has 180 valence electrons. The number of nitrogens with zero attached hydrogens (tertiary/aromatic N) is 1. The van der Waals surface area contributed by atoms with E-state index in [1.165, 1.54) is 6.21 Å². The number of carbonyl (C=O) groups excluding carboxylic acids is 2. The average molecular weight is 579 g/mol. The number of hydrazone groups is 1. The first-order valence-electron chi connectivity index (χ1n) is 10.2. The highest BCUT2D eigenvalue weighted by Crippen LogP contribution is 2.32. The van der Waals surface area contributed by atoms with Crippen molar-refractivity contribution in [3.63, 3.8) is 0 Å². The molecule has 4 rings (SSSR count). The lowest BCUT2D eigenvalue weighted by Crippen LogP contribution is -2.34. The highest BCUT2D eigenvalue weighted by Gasteiger charge is 2.16. The highest BCUT2D eigenvalue weighted by molar-refractivity contribution is 9.10. The van der Waals surface area contributed by atoms with Crippen LogP contribution in [0.2, 0.25) is 10.0 Å². The second-order valence-electron chi connectivity index (χ2n) is 7.26. The molecular formula is C24H18BrCl2N3O5. The summed E-state index contributed by atoms with van der Waals surface area (Å²) in [5.74, 6) is 0.786. The summed E-state index contributed by atoms with van der Waals surface area (Å²) in [5, 5.41) is 7.53. The van der Waals surface area contributed by atoms with E-state index in [2.05, 4.69) is 31.8 Å². The van der Waals surface area contributed by atoms with Gasteiger partial charge in [-0.3, -0.25) is 9.59 Å². The molecule has 0 saturated heterocycles. The van der Waals surface area contributed by atoms with Crippen LogP contribution in [0.25, 0.3) is 0 Å². The van der Waals surface area contributed by atoms with Crippen LogP contribution in [0.5, 0.6) is 17.2 Å². The van der Waals surface area contributed by atoms with Gasteiger partial charge in [0.05, 0.1) is 17.2 Å². The second kappa shape index (κ2) is 11.4. The number of hydrogen-bond donors (Lipinski definition) is 2. The van der Waals surface area contributed by atoms with E-state index in [1.807, 2.05) is 0 Å². The molecule has 3 aromatic carbocycles. The number of rotatable bonds is 8. The summed E-state index contributed by atoms with van der Waals surface area (Å²) in [4.78, 5) is 24.2. The first-order chi connectivity index (χ1) is 16.9. The number of ether oxygens (including phenoxy) is 3. The zero-order valence-corrected chi connectivity index (χ0v) is 21.1. The number of amides is 2. The quantitative estimate of drug-likeness (QED) is 0.291. The molecular weight excluding hydrogens is 561 g/mol. The van der Waals surface area contributed by atoms with Crippen LogP contribution in [-0.4, -0.2) is 31.4 Å². The Morgan fingerprint density at radius 1 is 1.06 bits per heavy atom. The summed E-state index contributed by atoms with van der Waals surface area (Å²) in [5.41, 5.74) is 4.26. The van der Waals surface area contributed by atoms with Gasteiger partial charge in [-0.1, -0.05) is 29.3 Å². The molecule has 1 aliphatic rings. The van der Waals surface area contributed by atoms with Crippen molar-refractivity contribution >= 4 is 57.2 Å². The Balaban J connectivity index is 1.24. The van der Waals surface area contributed by atoms with E-state index in [1.54, 1.807) is 54.6 Å². The Morgan fingerprint density at radius 2 is 1.89 bits per heavy atom. The highest BCUT2D eigenvalue weighted by atomic mass is 79.9. The number of carbonyl (C=O) groups is 2. The smallest absolute Gasteiger partial charge is 0.259 e. The topological polar surface area (TPSA) is 98.3 Å². The molecule has 3 aromatic rings. The van der Waals surface area contributed by atoms with Crippen LogP contribution in [0.1, 0.15) is 21.5 Å². The number of benzene rings is 3. The van der Waals surface area contributed by atoms with E-state index < -0.39 is 11.8 Å². The number of hydrogen-bond acceptors (Lipinski definition) is 6. The largest absolute Gasteiger partial charge is 0.488 e. The molecule has 8 nitrogen and oxygen atoms in total. The molecule has 0 spiro atoms. The average Bonchev–Trinajstić information content (AvgIpc) is 3.31. The van der Waals surface area contributed by atoms with Gasteiger partial charge >= 0.3 is 0 Å². The van der Waals surface area contributed by atoms with E-state index in [0.717, 1.165) is 11.1 Å². The molecule has 0 aliphatic carbocycles. The van der Waals surface area contributed by atoms with Crippen LogP contribution in [0.15, 0.2) is 64.2 Å². The van der Waals surface area contributed by atoms with Gasteiger partial charge in [0.2, 0.25) is 6.79 Å².